The zero-order valence-electron chi connectivity index (χ0n) is 25.4. The molecule has 2 bridgehead atoms. The van der Waals surface area contributed by atoms with Crippen LogP contribution >= 0.6 is 0 Å². The third-order valence-corrected chi connectivity index (χ3v) is 10.6. The van der Waals surface area contributed by atoms with Gasteiger partial charge < -0.3 is 29.8 Å². The van der Waals surface area contributed by atoms with Crippen LogP contribution in [0.25, 0.3) is 44.6 Å². The van der Waals surface area contributed by atoms with E-state index in [1.807, 2.05) is 36.3 Å². The molecule has 10 nitrogen and oxygen atoms in total. The molecule has 1 saturated heterocycles. The maximum atomic E-state index is 13.7. The van der Waals surface area contributed by atoms with E-state index < -0.39 is 0 Å². The van der Waals surface area contributed by atoms with Crippen LogP contribution in [0.4, 0.5) is 0 Å². The molecule has 2 saturated carbocycles. The third kappa shape index (κ3) is 4.04. The zero-order valence-corrected chi connectivity index (χ0v) is 25.4. The molecule has 4 aliphatic rings. The van der Waals surface area contributed by atoms with Gasteiger partial charge in [0.15, 0.2) is 5.82 Å². The number of nitrogens with one attached hydrogen (secondary N) is 1. The van der Waals surface area contributed by atoms with Gasteiger partial charge in [0.1, 0.15) is 11.3 Å². The highest BCUT2D eigenvalue weighted by Crippen LogP contribution is 2.41. The molecule has 3 unspecified atom stereocenters. The third-order valence-electron chi connectivity index (χ3n) is 10.6. The quantitative estimate of drug-likeness (QED) is 0.296. The van der Waals surface area contributed by atoms with Crippen LogP contribution < -0.4 is 15.8 Å². The molecule has 5 heterocycles. The smallest absolute Gasteiger partial charge is 0.254 e. The molecule has 0 spiro atoms. The maximum absolute atomic E-state index is 13.7. The summed E-state index contributed by atoms with van der Waals surface area (Å²) < 4.78 is 10.3. The van der Waals surface area contributed by atoms with Gasteiger partial charge in [-0.1, -0.05) is 12.1 Å². The van der Waals surface area contributed by atoms with Gasteiger partial charge in [-0.3, -0.25) is 14.6 Å². The molecule has 2 amide bonds. The Balaban J connectivity index is 1.15. The van der Waals surface area contributed by atoms with E-state index in [-0.39, 0.29) is 23.9 Å². The standard InChI is InChI=1S/C35H35N7O3/c1-40-32-25(10-22(13-30(32)45-2)35(44)42-17-21-7-8-27(42)31(21)36)39-33(40)29-12-20-6-5-19(11-28(20)41(29)16-18-3-4-18)23-9-24-26(37-14-23)15-38-34(24)43/h5-6,9-14,18,21,27,31H,3-4,7-8,15-17,36H2,1-2H3,(H,38,43). The lowest BCUT2D eigenvalue weighted by Gasteiger charge is -2.27. The minimum atomic E-state index is -0.0711. The average Bonchev–Trinajstić information content (AvgIpc) is 3.26. The van der Waals surface area contributed by atoms with Crippen LogP contribution in [-0.2, 0) is 20.1 Å². The number of rotatable bonds is 6. The highest BCUT2D eigenvalue weighted by atomic mass is 16.5. The average molecular weight is 602 g/mol. The largest absolute Gasteiger partial charge is 0.494 e. The Bertz CT molecular complexity index is 2070. The SMILES string of the molecule is COc1cc(C(=O)N2CC3CCC2C3N)cc2nc(-c3cc4ccc(-c5cnc6c(c5)C(=O)NC6)cc4n3CC3CC3)n(C)c12. The molecule has 5 aromatic rings. The van der Waals surface area contributed by atoms with Gasteiger partial charge in [-0.25, -0.2) is 4.98 Å². The van der Waals surface area contributed by atoms with E-state index in [1.165, 1.54) is 12.8 Å². The van der Waals surface area contributed by atoms with Crippen molar-refractivity contribution in [1.29, 1.82) is 0 Å². The number of nitrogens with two attached hydrogens (primary N) is 1. The number of carbonyl (C=O) groups is 2. The van der Waals surface area contributed by atoms with E-state index in [2.05, 4.69) is 43.7 Å². The molecule has 9 rings (SSSR count). The number of likely N-dealkylation sites (tertiary alicyclic amines) is 1. The molecule has 3 fully saturated rings. The number of fused-ring (bicyclic) bond motifs is 5. The van der Waals surface area contributed by atoms with Crippen molar-refractivity contribution in [1.82, 2.24) is 29.3 Å². The van der Waals surface area contributed by atoms with E-state index in [1.54, 1.807) is 7.11 Å². The van der Waals surface area contributed by atoms with Crippen molar-refractivity contribution >= 4 is 33.8 Å². The molecule has 2 aliphatic carbocycles. The summed E-state index contributed by atoms with van der Waals surface area (Å²) in [6.45, 7) is 2.10. The highest BCUT2D eigenvalue weighted by molar-refractivity contribution is 6.01. The number of nitrogens with zero attached hydrogens (tertiary/aromatic N) is 5. The summed E-state index contributed by atoms with van der Waals surface area (Å²) in [5, 5.41) is 3.98. The van der Waals surface area contributed by atoms with Gasteiger partial charge in [-0.2, -0.15) is 0 Å². The van der Waals surface area contributed by atoms with E-state index in [0.717, 1.165) is 76.2 Å². The Labute approximate surface area is 260 Å². The minimum absolute atomic E-state index is 0.000967. The molecule has 45 heavy (non-hydrogen) atoms. The second-order valence-corrected chi connectivity index (χ2v) is 13.2. The number of pyridine rings is 1. The Morgan fingerprint density at radius 2 is 1.96 bits per heavy atom. The van der Waals surface area contributed by atoms with Crippen molar-refractivity contribution in [3.8, 4) is 28.4 Å². The monoisotopic (exact) mass is 601 g/mol. The number of aromatic nitrogens is 4. The van der Waals surface area contributed by atoms with Gasteiger partial charge in [0, 0.05) is 60.4 Å². The van der Waals surface area contributed by atoms with E-state index in [9.17, 15) is 9.59 Å². The molecule has 2 aliphatic heterocycles. The number of aryl methyl sites for hydroxylation is 1. The fourth-order valence-electron chi connectivity index (χ4n) is 7.89. The van der Waals surface area contributed by atoms with Crippen LogP contribution in [0.15, 0.2) is 48.7 Å². The molecule has 10 heteroatoms. The molecule has 3 aromatic heterocycles. The summed E-state index contributed by atoms with van der Waals surface area (Å²) in [6, 6.07) is 14.5. The number of carbonyl (C=O) groups excluding carboxylic acids is 2. The van der Waals surface area contributed by atoms with E-state index in [0.29, 0.717) is 35.3 Å². The van der Waals surface area contributed by atoms with Crippen molar-refractivity contribution in [3.05, 3.63) is 65.5 Å². The summed E-state index contributed by atoms with van der Waals surface area (Å²) in [5.41, 5.74) is 14.1. The number of methoxy groups -OCH3 is 1. The van der Waals surface area contributed by atoms with Crippen molar-refractivity contribution in [2.45, 2.75) is 50.9 Å². The number of ether oxygens (including phenoxy) is 1. The Morgan fingerprint density at radius 3 is 2.71 bits per heavy atom. The lowest BCUT2D eigenvalue weighted by molar-refractivity contribution is 0.0700. The van der Waals surface area contributed by atoms with Crippen LogP contribution in [0.2, 0.25) is 0 Å². The summed E-state index contributed by atoms with van der Waals surface area (Å²) in [4.78, 5) is 37.7. The van der Waals surface area contributed by atoms with Crippen LogP contribution in [0.5, 0.6) is 5.75 Å². The van der Waals surface area contributed by atoms with Gasteiger partial charge in [0.2, 0.25) is 0 Å². The number of amides is 2. The number of piperidine rings is 1. The molecule has 2 aromatic carbocycles. The highest BCUT2D eigenvalue weighted by Gasteiger charge is 2.47. The summed E-state index contributed by atoms with van der Waals surface area (Å²) in [5.74, 6) is 2.40. The Kier molecular flexibility index (Phi) is 5.72. The fraction of sp³-hybridized carbons (Fsp3) is 0.371. The van der Waals surface area contributed by atoms with Crippen LogP contribution in [0.1, 0.15) is 52.1 Å². The van der Waals surface area contributed by atoms with Gasteiger partial charge in [0.05, 0.1) is 36.1 Å². The van der Waals surface area contributed by atoms with Gasteiger partial charge in [-0.15, -0.1) is 0 Å². The lowest BCUT2D eigenvalue weighted by Crippen LogP contribution is -2.41. The Morgan fingerprint density at radius 1 is 1.09 bits per heavy atom. The summed E-state index contributed by atoms with van der Waals surface area (Å²) in [6.07, 6.45) is 6.35. The fourth-order valence-corrected chi connectivity index (χ4v) is 7.89. The molecular weight excluding hydrogens is 566 g/mol. The number of benzene rings is 2. The first-order valence-electron chi connectivity index (χ1n) is 15.9. The van der Waals surface area contributed by atoms with Crippen molar-refractivity contribution < 1.29 is 14.3 Å². The molecule has 3 atom stereocenters. The van der Waals surface area contributed by atoms with Crippen molar-refractivity contribution in [2.24, 2.45) is 24.6 Å². The van der Waals surface area contributed by atoms with E-state index in [4.69, 9.17) is 15.5 Å². The predicted octanol–water partition coefficient (Wildman–Crippen LogP) is 4.48. The Hall–Kier alpha value is -4.70. The van der Waals surface area contributed by atoms with Crippen LogP contribution in [-0.4, -0.2) is 61.6 Å². The first kappa shape index (κ1) is 26.7. The molecular formula is C35H35N7O3. The molecule has 0 radical (unpaired) electrons. The summed E-state index contributed by atoms with van der Waals surface area (Å²) in [7, 11) is 3.66. The maximum Gasteiger partial charge on any atom is 0.254 e. The topological polar surface area (TPSA) is 120 Å². The lowest BCUT2D eigenvalue weighted by atomic mass is 10.0. The molecule has 228 valence electrons. The van der Waals surface area contributed by atoms with Gasteiger partial charge >= 0.3 is 0 Å². The normalized spacial score (nSPS) is 22.1. The summed E-state index contributed by atoms with van der Waals surface area (Å²) >= 11 is 0. The van der Waals surface area contributed by atoms with Gasteiger partial charge in [0.25, 0.3) is 11.8 Å². The number of imidazole rings is 1. The second-order valence-electron chi connectivity index (χ2n) is 13.2. The zero-order chi connectivity index (χ0) is 30.6. The first-order chi connectivity index (χ1) is 21.9. The predicted molar refractivity (Wildman–Crippen MR) is 171 cm³/mol. The van der Waals surface area contributed by atoms with Crippen molar-refractivity contribution in [2.75, 3.05) is 13.7 Å². The van der Waals surface area contributed by atoms with Crippen molar-refractivity contribution in [3.63, 3.8) is 0 Å². The molecule has 3 N–H and O–H groups in total. The number of hydrogen-bond acceptors (Lipinski definition) is 6. The van der Waals surface area contributed by atoms with Gasteiger partial charge in [-0.05, 0) is 73.4 Å². The van der Waals surface area contributed by atoms with Crippen LogP contribution in [0, 0.1) is 11.8 Å². The van der Waals surface area contributed by atoms with E-state index >= 15 is 0 Å². The van der Waals surface area contributed by atoms with Crippen LogP contribution in [0.3, 0.4) is 0 Å². The second kappa shape index (κ2) is 9.65. The number of hydrogen-bond donors (Lipinski definition) is 2. The minimum Gasteiger partial charge on any atom is -0.494 e. The first-order valence-corrected chi connectivity index (χ1v) is 15.9.